The first-order valence-electron chi connectivity index (χ1n) is 5.24. The molecule has 1 aromatic rings. The maximum Gasteiger partial charge on any atom is 0.129 e. The zero-order valence-corrected chi connectivity index (χ0v) is 9.11. The molecule has 1 aromatic carbocycles. The number of aliphatic hydroxyl groups is 1. The first-order valence-corrected chi connectivity index (χ1v) is 5.24. The van der Waals surface area contributed by atoms with Gasteiger partial charge in [0.1, 0.15) is 11.9 Å². The second-order valence-corrected chi connectivity index (χ2v) is 3.37. The minimum Gasteiger partial charge on any atom is -0.386 e. The Morgan fingerprint density at radius 1 is 1.33 bits per heavy atom. The molecule has 0 radical (unpaired) electrons. The van der Waals surface area contributed by atoms with Crippen LogP contribution in [0.2, 0.25) is 0 Å². The fourth-order valence-corrected chi connectivity index (χ4v) is 1.56. The van der Waals surface area contributed by atoms with E-state index in [1.807, 2.05) is 13.8 Å². The summed E-state index contributed by atoms with van der Waals surface area (Å²) in [6, 6.07) is 6.24. The van der Waals surface area contributed by atoms with Gasteiger partial charge in [-0.1, -0.05) is 25.1 Å². The minimum atomic E-state index is -0.892. The summed E-state index contributed by atoms with van der Waals surface area (Å²) in [5, 5.41) is 9.93. The van der Waals surface area contributed by atoms with Gasteiger partial charge in [0.25, 0.3) is 0 Å². The molecule has 0 fully saturated rings. The Bertz CT molecular complexity index is 301. The van der Waals surface area contributed by atoms with Crippen LogP contribution in [0.25, 0.3) is 0 Å². The monoisotopic (exact) mass is 212 g/mol. The highest BCUT2D eigenvalue weighted by Crippen LogP contribution is 2.23. The smallest absolute Gasteiger partial charge is 0.129 e. The lowest BCUT2D eigenvalue weighted by Gasteiger charge is -2.22. The van der Waals surface area contributed by atoms with Crippen LogP contribution in [0.15, 0.2) is 24.3 Å². The normalized spacial score (nSPS) is 14.9. The molecule has 0 bridgehead atoms. The minimum absolute atomic E-state index is 0.304. The van der Waals surface area contributed by atoms with Crippen molar-refractivity contribution in [3.8, 4) is 0 Å². The molecule has 0 saturated heterocycles. The van der Waals surface area contributed by atoms with Crippen molar-refractivity contribution >= 4 is 0 Å². The first kappa shape index (κ1) is 12.1. The van der Waals surface area contributed by atoms with Gasteiger partial charge >= 0.3 is 0 Å². The van der Waals surface area contributed by atoms with E-state index in [2.05, 4.69) is 0 Å². The summed E-state index contributed by atoms with van der Waals surface area (Å²) >= 11 is 0. The Hall–Kier alpha value is -0.930. The van der Waals surface area contributed by atoms with Crippen LogP contribution in [-0.4, -0.2) is 17.8 Å². The quantitative estimate of drug-likeness (QED) is 0.813. The van der Waals surface area contributed by atoms with Gasteiger partial charge in [0.2, 0.25) is 0 Å². The second kappa shape index (κ2) is 5.83. The van der Waals surface area contributed by atoms with Crippen LogP contribution in [0.5, 0.6) is 0 Å². The van der Waals surface area contributed by atoms with Gasteiger partial charge in [0.05, 0.1) is 6.10 Å². The van der Waals surface area contributed by atoms with Crippen molar-refractivity contribution in [3.05, 3.63) is 35.6 Å². The third kappa shape index (κ3) is 3.01. The predicted molar refractivity (Wildman–Crippen MR) is 57.1 cm³/mol. The summed E-state index contributed by atoms with van der Waals surface area (Å²) in [5.74, 6) is -0.386. The van der Waals surface area contributed by atoms with Crippen molar-refractivity contribution in [3.63, 3.8) is 0 Å². The lowest BCUT2D eigenvalue weighted by molar-refractivity contribution is -0.0369. The summed E-state index contributed by atoms with van der Waals surface area (Å²) in [6.45, 7) is 4.28. The number of hydrogen-bond donors (Lipinski definition) is 1. The van der Waals surface area contributed by atoms with Crippen LogP contribution in [0.1, 0.15) is 31.9 Å². The topological polar surface area (TPSA) is 29.5 Å². The maximum atomic E-state index is 13.4. The van der Waals surface area contributed by atoms with Crippen LogP contribution in [0.3, 0.4) is 0 Å². The van der Waals surface area contributed by atoms with Crippen molar-refractivity contribution in [1.82, 2.24) is 0 Å². The Balaban J connectivity index is 2.82. The van der Waals surface area contributed by atoms with E-state index >= 15 is 0 Å². The van der Waals surface area contributed by atoms with Crippen LogP contribution in [-0.2, 0) is 4.74 Å². The molecule has 0 aliphatic heterocycles. The Morgan fingerprint density at radius 3 is 2.53 bits per heavy atom. The van der Waals surface area contributed by atoms with Crippen molar-refractivity contribution in [2.24, 2.45) is 0 Å². The van der Waals surface area contributed by atoms with Gasteiger partial charge in [-0.3, -0.25) is 0 Å². The van der Waals surface area contributed by atoms with Crippen LogP contribution in [0, 0.1) is 5.82 Å². The summed E-state index contributed by atoms with van der Waals surface area (Å²) in [6.07, 6.45) is -0.577. The highest BCUT2D eigenvalue weighted by atomic mass is 19.1. The maximum absolute atomic E-state index is 13.4. The lowest BCUT2D eigenvalue weighted by Crippen LogP contribution is -2.22. The summed E-state index contributed by atoms with van der Waals surface area (Å²) in [5.41, 5.74) is 0.304. The summed E-state index contributed by atoms with van der Waals surface area (Å²) in [7, 11) is 0. The Labute approximate surface area is 89.7 Å². The Kier molecular flexibility index (Phi) is 4.72. The molecule has 0 aliphatic rings. The molecule has 0 aromatic heterocycles. The molecule has 3 heteroatoms. The molecule has 2 atom stereocenters. The molecule has 0 heterocycles. The molecule has 1 rings (SSSR count). The van der Waals surface area contributed by atoms with Gasteiger partial charge < -0.3 is 9.84 Å². The third-order valence-electron chi connectivity index (χ3n) is 2.36. The van der Waals surface area contributed by atoms with Crippen molar-refractivity contribution in [1.29, 1.82) is 0 Å². The zero-order chi connectivity index (χ0) is 11.3. The average molecular weight is 212 g/mol. The lowest BCUT2D eigenvalue weighted by atomic mass is 10.0. The number of ether oxygens (including phenoxy) is 1. The Morgan fingerprint density at radius 2 is 2.00 bits per heavy atom. The van der Waals surface area contributed by atoms with E-state index in [1.54, 1.807) is 18.2 Å². The third-order valence-corrected chi connectivity index (χ3v) is 2.36. The van der Waals surface area contributed by atoms with E-state index in [1.165, 1.54) is 6.07 Å². The highest BCUT2D eigenvalue weighted by molar-refractivity contribution is 5.20. The molecular weight excluding hydrogens is 195 g/mol. The van der Waals surface area contributed by atoms with Gasteiger partial charge in [-0.05, 0) is 19.4 Å². The molecule has 2 nitrogen and oxygen atoms in total. The molecule has 0 aliphatic carbocycles. The number of aliphatic hydroxyl groups excluding tert-OH is 1. The van der Waals surface area contributed by atoms with Gasteiger partial charge in [-0.2, -0.15) is 0 Å². The van der Waals surface area contributed by atoms with E-state index in [0.29, 0.717) is 18.6 Å². The largest absolute Gasteiger partial charge is 0.386 e. The zero-order valence-electron chi connectivity index (χ0n) is 9.11. The van der Waals surface area contributed by atoms with Crippen molar-refractivity contribution in [2.45, 2.75) is 32.5 Å². The fourth-order valence-electron chi connectivity index (χ4n) is 1.56. The first-order chi connectivity index (χ1) is 7.20. The van der Waals surface area contributed by atoms with Crippen molar-refractivity contribution < 1.29 is 14.2 Å². The second-order valence-electron chi connectivity index (χ2n) is 3.37. The molecular formula is C12H17FO2. The number of benzene rings is 1. The molecule has 0 saturated carbocycles. The molecule has 0 amide bonds. The van der Waals surface area contributed by atoms with Crippen LogP contribution >= 0.6 is 0 Å². The van der Waals surface area contributed by atoms with E-state index in [-0.39, 0.29) is 11.9 Å². The average Bonchev–Trinajstić information content (AvgIpc) is 2.25. The standard InChI is InChI=1S/C12H17FO2/c1-3-11(15-4-2)12(14)9-7-5-6-8-10(9)13/h5-8,11-12,14H,3-4H2,1-2H3. The van der Waals surface area contributed by atoms with E-state index in [0.717, 1.165) is 0 Å². The predicted octanol–water partition coefficient (Wildman–Crippen LogP) is 2.67. The molecule has 1 N–H and O–H groups in total. The van der Waals surface area contributed by atoms with E-state index in [9.17, 15) is 9.50 Å². The van der Waals surface area contributed by atoms with Gasteiger partial charge in [-0.15, -0.1) is 0 Å². The van der Waals surface area contributed by atoms with Crippen LogP contribution < -0.4 is 0 Å². The highest BCUT2D eigenvalue weighted by Gasteiger charge is 2.21. The van der Waals surface area contributed by atoms with E-state index < -0.39 is 6.10 Å². The molecule has 84 valence electrons. The summed E-state index contributed by atoms with van der Waals surface area (Å²) < 4.78 is 18.7. The van der Waals surface area contributed by atoms with Gasteiger partial charge in [0.15, 0.2) is 0 Å². The molecule has 0 spiro atoms. The molecule has 15 heavy (non-hydrogen) atoms. The molecule has 2 unspecified atom stereocenters. The SMILES string of the molecule is CCOC(CC)C(O)c1ccccc1F. The van der Waals surface area contributed by atoms with Gasteiger partial charge in [0, 0.05) is 12.2 Å². The summed E-state index contributed by atoms with van der Waals surface area (Å²) in [4.78, 5) is 0. The van der Waals surface area contributed by atoms with Gasteiger partial charge in [-0.25, -0.2) is 4.39 Å². The van der Waals surface area contributed by atoms with E-state index in [4.69, 9.17) is 4.74 Å². The fraction of sp³-hybridized carbons (Fsp3) is 0.500. The van der Waals surface area contributed by atoms with Crippen LogP contribution in [0.4, 0.5) is 4.39 Å². The number of hydrogen-bond acceptors (Lipinski definition) is 2. The van der Waals surface area contributed by atoms with Crippen molar-refractivity contribution in [2.75, 3.05) is 6.61 Å². The number of halogens is 1. The number of rotatable bonds is 5.